The van der Waals surface area contributed by atoms with Gasteiger partial charge in [0.2, 0.25) is 0 Å². The second kappa shape index (κ2) is 3.69. The highest BCUT2D eigenvalue weighted by Crippen LogP contribution is 2.18. The molecule has 56 valence electrons. The first-order valence-electron chi connectivity index (χ1n) is 3.08. The molecule has 0 aromatic heterocycles. The van der Waals surface area contributed by atoms with Crippen molar-refractivity contribution in [3.8, 4) is 6.07 Å². The third kappa shape index (κ3) is 1.91. The van der Waals surface area contributed by atoms with E-state index in [9.17, 15) is 0 Å². The van der Waals surface area contributed by atoms with E-state index in [0.717, 1.165) is 3.57 Å². The molecule has 0 saturated carbocycles. The smallest absolute Gasteiger partial charge is 0.166 e. The summed E-state index contributed by atoms with van der Waals surface area (Å²) in [6.07, 6.45) is -0.997. The Labute approximate surface area is 78.6 Å². The molecule has 0 bridgehead atoms. The monoisotopic (exact) mass is 259 g/mol. The number of nitrogens with zero attached hydrogens (tertiary/aromatic N) is 1. The quantitative estimate of drug-likeness (QED) is 0.617. The topological polar surface area (TPSA) is 44.0 Å². The summed E-state index contributed by atoms with van der Waals surface area (Å²) in [6.45, 7) is 0. The van der Waals surface area contributed by atoms with Gasteiger partial charge < -0.3 is 5.11 Å². The molecule has 0 fully saturated rings. The molecule has 1 N–H and O–H groups in total. The molecule has 2 nitrogen and oxygen atoms in total. The lowest BCUT2D eigenvalue weighted by Crippen LogP contribution is -1.95. The minimum Gasteiger partial charge on any atom is -0.374 e. The Kier molecular flexibility index (Phi) is 2.85. The van der Waals surface area contributed by atoms with E-state index in [1.54, 1.807) is 18.2 Å². The van der Waals surface area contributed by atoms with Crippen LogP contribution in [0.15, 0.2) is 24.3 Å². The van der Waals surface area contributed by atoms with Crippen molar-refractivity contribution in [1.29, 1.82) is 5.26 Å². The van der Waals surface area contributed by atoms with E-state index in [4.69, 9.17) is 10.4 Å². The fourth-order valence-electron chi connectivity index (χ4n) is 0.766. The van der Waals surface area contributed by atoms with Crippen molar-refractivity contribution >= 4 is 22.6 Å². The van der Waals surface area contributed by atoms with E-state index >= 15 is 0 Å². The van der Waals surface area contributed by atoms with Crippen molar-refractivity contribution in [1.82, 2.24) is 0 Å². The molecule has 0 aliphatic rings. The first-order chi connectivity index (χ1) is 5.25. The van der Waals surface area contributed by atoms with Crippen molar-refractivity contribution in [2.24, 2.45) is 0 Å². The van der Waals surface area contributed by atoms with Gasteiger partial charge in [-0.05, 0) is 28.7 Å². The lowest BCUT2D eigenvalue weighted by Gasteiger charge is -2.03. The Hall–Kier alpha value is -0.600. The Morgan fingerprint density at radius 1 is 1.45 bits per heavy atom. The molecule has 0 radical (unpaired) electrons. The average molecular weight is 259 g/mol. The molecule has 1 atom stereocenters. The number of hydrogen-bond acceptors (Lipinski definition) is 2. The maximum absolute atomic E-state index is 9.14. The molecule has 3 heteroatoms. The third-order valence-electron chi connectivity index (χ3n) is 1.32. The zero-order valence-corrected chi connectivity index (χ0v) is 7.82. The molecule has 0 spiro atoms. The van der Waals surface area contributed by atoms with Gasteiger partial charge in [-0.1, -0.05) is 18.2 Å². The SMILES string of the molecule is N#CC(O)c1ccccc1I. The second-order valence-corrected chi connectivity index (χ2v) is 3.22. The standard InChI is InChI=1S/C8H6INO/c9-7-4-2-1-3-6(7)8(11)5-10/h1-4,8,11H. The number of aliphatic hydroxyl groups excluding tert-OH is 1. The van der Waals surface area contributed by atoms with E-state index in [-0.39, 0.29) is 0 Å². The van der Waals surface area contributed by atoms with Crippen LogP contribution < -0.4 is 0 Å². The van der Waals surface area contributed by atoms with Crippen LogP contribution in [0.4, 0.5) is 0 Å². The first kappa shape index (κ1) is 8.50. The minimum atomic E-state index is -0.997. The van der Waals surface area contributed by atoms with Gasteiger partial charge in [-0.3, -0.25) is 0 Å². The Balaban J connectivity index is 3.05. The Morgan fingerprint density at radius 2 is 2.09 bits per heavy atom. The maximum atomic E-state index is 9.14. The lowest BCUT2D eigenvalue weighted by molar-refractivity contribution is 0.235. The maximum Gasteiger partial charge on any atom is 0.166 e. The van der Waals surface area contributed by atoms with Crippen LogP contribution in [-0.4, -0.2) is 5.11 Å². The summed E-state index contributed by atoms with van der Waals surface area (Å²) in [7, 11) is 0. The van der Waals surface area contributed by atoms with Gasteiger partial charge in [0.1, 0.15) is 0 Å². The van der Waals surface area contributed by atoms with E-state index in [1.165, 1.54) is 0 Å². The number of hydrogen-bond donors (Lipinski definition) is 1. The van der Waals surface area contributed by atoms with Crippen molar-refractivity contribution in [3.63, 3.8) is 0 Å². The molecule has 1 aromatic carbocycles. The molecular weight excluding hydrogens is 253 g/mol. The highest BCUT2D eigenvalue weighted by Gasteiger charge is 2.07. The highest BCUT2D eigenvalue weighted by atomic mass is 127. The van der Waals surface area contributed by atoms with Crippen LogP contribution in [0, 0.1) is 14.9 Å². The molecule has 0 aliphatic heterocycles. The van der Waals surface area contributed by atoms with E-state index < -0.39 is 6.10 Å². The molecule has 0 aliphatic carbocycles. The van der Waals surface area contributed by atoms with Gasteiger partial charge in [0, 0.05) is 9.13 Å². The summed E-state index contributed by atoms with van der Waals surface area (Å²) in [5.74, 6) is 0. The van der Waals surface area contributed by atoms with Crippen LogP contribution in [-0.2, 0) is 0 Å². The van der Waals surface area contributed by atoms with Crippen LogP contribution in [0.5, 0.6) is 0 Å². The first-order valence-corrected chi connectivity index (χ1v) is 4.15. The largest absolute Gasteiger partial charge is 0.374 e. The number of benzene rings is 1. The lowest BCUT2D eigenvalue weighted by atomic mass is 10.1. The molecule has 0 heterocycles. The van der Waals surface area contributed by atoms with Gasteiger partial charge in [-0.15, -0.1) is 0 Å². The highest BCUT2D eigenvalue weighted by molar-refractivity contribution is 14.1. The summed E-state index contributed by atoms with van der Waals surface area (Å²) in [5, 5.41) is 17.6. The predicted molar refractivity (Wildman–Crippen MR) is 49.7 cm³/mol. The van der Waals surface area contributed by atoms with Gasteiger partial charge in [-0.25, -0.2) is 0 Å². The van der Waals surface area contributed by atoms with Crippen molar-refractivity contribution in [2.45, 2.75) is 6.10 Å². The molecule has 11 heavy (non-hydrogen) atoms. The van der Waals surface area contributed by atoms with Crippen molar-refractivity contribution < 1.29 is 5.11 Å². The van der Waals surface area contributed by atoms with Crippen LogP contribution >= 0.6 is 22.6 Å². The number of halogens is 1. The third-order valence-corrected chi connectivity index (χ3v) is 2.30. The zero-order chi connectivity index (χ0) is 8.27. The minimum absolute atomic E-state index is 0.676. The van der Waals surface area contributed by atoms with Crippen LogP contribution in [0.3, 0.4) is 0 Å². The second-order valence-electron chi connectivity index (χ2n) is 2.05. The summed E-state index contributed by atoms with van der Waals surface area (Å²) < 4.78 is 0.916. The molecular formula is C8H6INO. The Bertz CT molecular complexity index is 292. The van der Waals surface area contributed by atoms with Crippen LogP contribution in [0.25, 0.3) is 0 Å². The fourth-order valence-corrected chi connectivity index (χ4v) is 1.45. The summed E-state index contributed by atoms with van der Waals surface area (Å²) in [6, 6.07) is 9.05. The van der Waals surface area contributed by atoms with Crippen LogP contribution in [0.1, 0.15) is 11.7 Å². The van der Waals surface area contributed by atoms with E-state index in [1.807, 2.05) is 12.1 Å². The van der Waals surface area contributed by atoms with Gasteiger partial charge in [0.05, 0.1) is 6.07 Å². The average Bonchev–Trinajstić information content (AvgIpc) is 2.04. The van der Waals surface area contributed by atoms with Gasteiger partial charge in [-0.2, -0.15) is 5.26 Å². The summed E-state index contributed by atoms with van der Waals surface area (Å²) >= 11 is 2.09. The molecule has 1 rings (SSSR count). The van der Waals surface area contributed by atoms with Crippen molar-refractivity contribution in [3.05, 3.63) is 33.4 Å². The van der Waals surface area contributed by atoms with Crippen molar-refractivity contribution in [2.75, 3.05) is 0 Å². The molecule has 1 unspecified atom stereocenters. The molecule has 1 aromatic rings. The number of rotatable bonds is 1. The van der Waals surface area contributed by atoms with E-state index in [2.05, 4.69) is 22.6 Å². The van der Waals surface area contributed by atoms with Gasteiger partial charge in [0.15, 0.2) is 6.10 Å². The number of nitriles is 1. The van der Waals surface area contributed by atoms with Gasteiger partial charge in [0.25, 0.3) is 0 Å². The summed E-state index contributed by atoms with van der Waals surface area (Å²) in [5.41, 5.74) is 0.676. The Morgan fingerprint density at radius 3 is 2.64 bits per heavy atom. The van der Waals surface area contributed by atoms with Gasteiger partial charge >= 0.3 is 0 Å². The zero-order valence-electron chi connectivity index (χ0n) is 5.66. The number of aliphatic hydroxyl groups is 1. The molecule has 0 saturated heterocycles. The summed E-state index contributed by atoms with van der Waals surface area (Å²) in [4.78, 5) is 0. The fraction of sp³-hybridized carbons (Fsp3) is 0.125. The van der Waals surface area contributed by atoms with E-state index in [0.29, 0.717) is 5.56 Å². The van der Waals surface area contributed by atoms with Crippen LogP contribution in [0.2, 0.25) is 0 Å². The predicted octanol–water partition coefficient (Wildman–Crippen LogP) is 1.85. The molecule has 0 amide bonds. The normalized spacial score (nSPS) is 12.1.